The Kier molecular flexibility index (Phi) is 4.10. The summed E-state index contributed by atoms with van der Waals surface area (Å²) in [6, 6.07) is 5.82. The van der Waals surface area contributed by atoms with Gasteiger partial charge in [-0.05, 0) is 31.5 Å². The maximum Gasteiger partial charge on any atom is 0.139 e. The van der Waals surface area contributed by atoms with Crippen molar-refractivity contribution in [1.82, 2.24) is 9.97 Å². The zero-order valence-electron chi connectivity index (χ0n) is 13.1. The van der Waals surface area contributed by atoms with Gasteiger partial charge in [0.1, 0.15) is 17.5 Å². The molecule has 1 aromatic heterocycles. The van der Waals surface area contributed by atoms with E-state index in [1.165, 1.54) is 0 Å². The SMILES string of the molecule is Cc1ccc(Cl)c(Nc2nc(C(C)(C)C)nc(N)c2C)c1. The summed E-state index contributed by atoms with van der Waals surface area (Å²) in [6.45, 7) is 10.1. The van der Waals surface area contributed by atoms with Crippen molar-refractivity contribution in [2.45, 2.75) is 40.0 Å². The lowest BCUT2D eigenvalue weighted by molar-refractivity contribution is 0.546. The minimum absolute atomic E-state index is 0.172. The molecule has 0 unspecified atom stereocenters. The van der Waals surface area contributed by atoms with E-state index in [0.717, 1.165) is 16.8 Å². The van der Waals surface area contributed by atoms with E-state index in [1.54, 1.807) is 0 Å². The van der Waals surface area contributed by atoms with Crippen LogP contribution >= 0.6 is 11.6 Å². The number of hydrogen-bond donors (Lipinski definition) is 2. The Hall–Kier alpha value is -1.81. The van der Waals surface area contributed by atoms with Gasteiger partial charge in [-0.3, -0.25) is 0 Å². The Morgan fingerprint density at radius 1 is 1.14 bits per heavy atom. The lowest BCUT2D eigenvalue weighted by Gasteiger charge is -2.20. The average Bonchev–Trinajstić information content (AvgIpc) is 2.37. The molecule has 0 saturated heterocycles. The van der Waals surface area contributed by atoms with Crippen molar-refractivity contribution in [2.75, 3.05) is 11.1 Å². The van der Waals surface area contributed by atoms with Crippen LogP contribution in [0.5, 0.6) is 0 Å². The summed E-state index contributed by atoms with van der Waals surface area (Å²) in [6.07, 6.45) is 0. The molecule has 0 fully saturated rings. The van der Waals surface area contributed by atoms with Crippen molar-refractivity contribution < 1.29 is 0 Å². The monoisotopic (exact) mass is 304 g/mol. The summed E-state index contributed by atoms with van der Waals surface area (Å²) in [4.78, 5) is 8.99. The van der Waals surface area contributed by atoms with Gasteiger partial charge in [0, 0.05) is 11.0 Å². The molecule has 0 atom stereocenters. The van der Waals surface area contributed by atoms with E-state index in [1.807, 2.05) is 32.0 Å². The van der Waals surface area contributed by atoms with E-state index in [2.05, 4.69) is 36.1 Å². The van der Waals surface area contributed by atoms with Gasteiger partial charge in [0.05, 0.1) is 10.7 Å². The molecular formula is C16H21ClN4. The first-order chi connectivity index (χ1) is 9.68. The Morgan fingerprint density at radius 2 is 1.81 bits per heavy atom. The number of hydrogen-bond acceptors (Lipinski definition) is 4. The maximum absolute atomic E-state index is 6.23. The lowest BCUT2D eigenvalue weighted by Crippen LogP contribution is -2.19. The summed E-state index contributed by atoms with van der Waals surface area (Å²) >= 11 is 6.23. The third-order valence-electron chi connectivity index (χ3n) is 3.23. The Bertz CT molecular complexity index is 675. The van der Waals surface area contributed by atoms with Gasteiger partial charge < -0.3 is 11.1 Å². The van der Waals surface area contributed by atoms with Crippen LogP contribution in [-0.4, -0.2) is 9.97 Å². The van der Waals surface area contributed by atoms with Crippen LogP contribution in [0.15, 0.2) is 18.2 Å². The second-order valence-corrected chi connectivity index (χ2v) is 6.67. The van der Waals surface area contributed by atoms with Gasteiger partial charge in [-0.1, -0.05) is 38.4 Å². The number of rotatable bonds is 2. The molecule has 0 bridgehead atoms. The number of aromatic nitrogens is 2. The normalized spacial score (nSPS) is 11.5. The fourth-order valence-electron chi connectivity index (χ4n) is 1.85. The molecule has 0 aliphatic carbocycles. The van der Waals surface area contributed by atoms with Crippen molar-refractivity contribution in [2.24, 2.45) is 0 Å². The first kappa shape index (κ1) is 15.6. The predicted molar refractivity (Wildman–Crippen MR) is 89.4 cm³/mol. The number of benzene rings is 1. The van der Waals surface area contributed by atoms with Crippen molar-refractivity contribution >= 4 is 28.9 Å². The Balaban J connectivity index is 2.49. The van der Waals surface area contributed by atoms with Crippen molar-refractivity contribution in [1.29, 1.82) is 0 Å². The Morgan fingerprint density at radius 3 is 2.43 bits per heavy atom. The third-order valence-corrected chi connectivity index (χ3v) is 3.56. The van der Waals surface area contributed by atoms with Gasteiger partial charge in [0.2, 0.25) is 0 Å². The minimum atomic E-state index is -0.172. The smallest absolute Gasteiger partial charge is 0.139 e. The van der Waals surface area contributed by atoms with E-state index in [0.29, 0.717) is 22.5 Å². The van der Waals surface area contributed by atoms with Gasteiger partial charge in [-0.15, -0.1) is 0 Å². The minimum Gasteiger partial charge on any atom is -0.383 e. The first-order valence-electron chi connectivity index (χ1n) is 6.86. The molecule has 2 rings (SSSR count). The van der Waals surface area contributed by atoms with Gasteiger partial charge in [0.25, 0.3) is 0 Å². The van der Waals surface area contributed by atoms with E-state index in [9.17, 15) is 0 Å². The zero-order valence-corrected chi connectivity index (χ0v) is 13.8. The van der Waals surface area contributed by atoms with Crippen molar-refractivity contribution in [3.05, 3.63) is 40.2 Å². The molecule has 0 aliphatic rings. The molecule has 3 N–H and O–H groups in total. The summed E-state index contributed by atoms with van der Waals surface area (Å²) in [5.74, 6) is 1.89. The van der Waals surface area contributed by atoms with E-state index in [-0.39, 0.29) is 5.41 Å². The topological polar surface area (TPSA) is 63.8 Å². The molecule has 4 nitrogen and oxygen atoms in total. The molecule has 1 aromatic carbocycles. The molecule has 5 heteroatoms. The fraction of sp³-hybridized carbons (Fsp3) is 0.375. The molecule has 112 valence electrons. The largest absolute Gasteiger partial charge is 0.383 e. The number of nitrogens with two attached hydrogens (primary N) is 1. The molecule has 1 heterocycles. The number of nitrogen functional groups attached to an aromatic ring is 1. The van der Waals surface area contributed by atoms with Crippen molar-refractivity contribution in [3.63, 3.8) is 0 Å². The standard InChI is InChI=1S/C16H21ClN4/c1-9-6-7-11(17)12(8-9)19-14-10(2)13(18)20-15(21-14)16(3,4)5/h6-8H,1-5H3,(H3,18,19,20,21). The van der Waals surface area contributed by atoms with Gasteiger partial charge in [0.15, 0.2) is 0 Å². The molecule has 0 aliphatic heterocycles. The van der Waals surface area contributed by atoms with Crippen molar-refractivity contribution in [3.8, 4) is 0 Å². The van der Waals surface area contributed by atoms with Crippen LogP contribution in [0, 0.1) is 13.8 Å². The molecule has 0 radical (unpaired) electrons. The fourth-order valence-corrected chi connectivity index (χ4v) is 2.02. The molecule has 0 spiro atoms. The highest BCUT2D eigenvalue weighted by molar-refractivity contribution is 6.33. The highest BCUT2D eigenvalue weighted by Gasteiger charge is 2.20. The van der Waals surface area contributed by atoms with Crippen LogP contribution < -0.4 is 11.1 Å². The third kappa shape index (κ3) is 3.45. The maximum atomic E-state index is 6.23. The van der Waals surface area contributed by atoms with E-state index < -0.39 is 0 Å². The first-order valence-corrected chi connectivity index (χ1v) is 7.24. The predicted octanol–water partition coefficient (Wildman–Crippen LogP) is 4.37. The van der Waals surface area contributed by atoms with Gasteiger partial charge >= 0.3 is 0 Å². The van der Waals surface area contributed by atoms with Crippen LogP contribution in [0.2, 0.25) is 5.02 Å². The second kappa shape index (κ2) is 5.53. The summed E-state index contributed by atoms with van der Waals surface area (Å²) in [5.41, 5.74) is 8.60. The summed E-state index contributed by atoms with van der Waals surface area (Å²) in [7, 11) is 0. The number of halogens is 1. The van der Waals surface area contributed by atoms with E-state index >= 15 is 0 Å². The summed E-state index contributed by atoms with van der Waals surface area (Å²) < 4.78 is 0. The second-order valence-electron chi connectivity index (χ2n) is 6.26. The number of nitrogens with one attached hydrogen (secondary N) is 1. The average molecular weight is 305 g/mol. The molecule has 21 heavy (non-hydrogen) atoms. The van der Waals surface area contributed by atoms with Gasteiger partial charge in [-0.2, -0.15) is 0 Å². The Labute approximate surface area is 130 Å². The highest BCUT2D eigenvalue weighted by atomic mass is 35.5. The quantitative estimate of drug-likeness (QED) is 0.864. The van der Waals surface area contributed by atoms with Crippen LogP contribution in [0.25, 0.3) is 0 Å². The number of anilines is 3. The van der Waals surface area contributed by atoms with Crippen LogP contribution in [0.1, 0.15) is 37.7 Å². The number of aryl methyl sites for hydroxylation is 1. The lowest BCUT2D eigenvalue weighted by atomic mass is 9.95. The van der Waals surface area contributed by atoms with Crippen LogP contribution in [-0.2, 0) is 5.41 Å². The molecule has 0 saturated carbocycles. The van der Waals surface area contributed by atoms with Crippen LogP contribution in [0.3, 0.4) is 0 Å². The van der Waals surface area contributed by atoms with E-state index in [4.69, 9.17) is 17.3 Å². The molecular weight excluding hydrogens is 284 g/mol. The summed E-state index contributed by atoms with van der Waals surface area (Å²) in [5, 5.41) is 3.92. The molecule has 0 amide bonds. The number of nitrogens with zero attached hydrogens (tertiary/aromatic N) is 2. The molecule has 2 aromatic rings. The van der Waals surface area contributed by atoms with Crippen LogP contribution in [0.4, 0.5) is 17.3 Å². The highest BCUT2D eigenvalue weighted by Crippen LogP contribution is 2.30. The zero-order chi connectivity index (χ0) is 15.8. The van der Waals surface area contributed by atoms with Gasteiger partial charge in [-0.25, -0.2) is 9.97 Å².